The molecule has 0 aliphatic rings. The first-order valence-electron chi connectivity index (χ1n) is 6.19. The minimum Gasteiger partial charge on any atom is -0.309 e. The lowest BCUT2D eigenvalue weighted by Gasteiger charge is -2.10. The number of imidazole rings is 1. The van der Waals surface area contributed by atoms with Crippen molar-refractivity contribution in [3.63, 3.8) is 0 Å². The van der Waals surface area contributed by atoms with Gasteiger partial charge in [-0.1, -0.05) is 12.1 Å². The van der Waals surface area contributed by atoms with Crippen molar-refractivity contribution in [2.24, 2.45) is 0 Å². The van der Waals surface area contributed by atoms with E-state index in [1.807, 2.05) is 10.6 Å². The fraction of sp³-hybridized carbons (Fsp3) is 0.385. The minimum atomic E-state index is 0.926. The Bertz CT molecular complexity index is 664. The molecule has 0 amide bonds. The molecular formula is C13H17N5. The first kappa shape index (κ1) is 11.2. The molecule has 0 aliphatic heterocycles. The lowest BCUT2D eigenvalue weighted by Crippen LogP contribution is -2.15. The Balaban J connectivity index is 2.03. The third-order valence-corrected chi connectivity index (χ3v) is 3.16. The van der Waals surface area contributed by atoms with Crippen molar-refractivity contribution in [2.45, 2.75) is 13.0 Å². The second-order valence-electron chi connectivity index (χ2n) is 4.77. The number of fused-ring (bicyclic) bond motifs is 3. The maximum atomic E-state index is 4.35. The van der Waals surface area contributed by atoms with Crippen molar-refractivity contribution in [3.05, 3.63) is 30.6 Å². The molecule has 0 saturated carbocycles. The van der Waals surface area contributed by atoms with E-state index in [0.717, 1.165) is 30.8 Å². The van der Waals surface area contributed by atoms with Crippen LogP contribution in [-0.4, -0.2) is 44.7 Å². The van der Waals surface area contributed by atoms with Crippen LogP contribution in [0, 0.1) is 0 Å². The van der Waals surface area contributed by atoms with Crippen LogP contribution in [-0.2, 0) is 6.54 Å². The highest BCUT2D eigenvalue weighted by atomic mass is 15.4. The van der Waals surface area contributed by atoms with Gasteiger partial charge in [0.05, 0.1) is 11.0 Å². The van der Waals surface area contributed by atoms with Gasteiger partial charge in [-0.25, -0.2) is 0 Å². The molecule has 0 spiro atoms. The topological polar surface area (TPSA) is 38.4 Å². The van der Waals surface area contributed by atoms with Crippen molar-refractivity contribution in [2.75, 3.05) is 20.6 Å². The number of nitrogens with zero attached hydrogens (tertiary/aromatic N) is 5. The molecular weight excluding hydrogens is 226 g/mol. The third-order valence-electron chi connectivity index (χ3n) is 3.16. The molecule has 5 nitrogen and oxygen atoms in total. The summed E-state index contributed by atoms with van der Waals surface area (Å²) in [6, 6.07) is 8.30. The molecule has 0 atom stereocenters. The van der Waals surface area contributed by atoms with Crippen molar-refractivity contribution >= 4 is 16.8 Å². The Morgan fingerprint density at radius 1 is 1.17 bits per heavy atom. The number of rotatable bonds is 4. The van der Waals surface area contributed by atoms with Gasteiger partial charge in [-0.3, -0.25) is 0 Å². The van der Waals surface area contributed by atoms with Crippen LogP contribution >= 0.6 is 0 Å². The first-order valence-corrected chi connectivity index (χ1v) is 6.19. The molecule has 2 heterocycles. The summed E-state index contributed by atoms with van der Waals surface area (Å²) in [4.78, 5) is 6.56. The molecule has 1 aromatic carbocycles. The normalized spacial score (nSPS) is 11.9. The summed E-state index contributed by atoms with van der Waals surface area (Å²) >= 11 is 0. The van der Waals surface area contributed by atoms with Crippen LogP contribution in [0.3, 0.4) is 0 Å². The number of para-hydroxylation sites is 2. The zero-order valence-corrected chi connectivity index (χ0v) is 10.7. The summed E-state index contributed by atoms with van der Waals surface area (Å²) in [6.45, 7) is 2.04. The van der Waals surface area contributed by atoms with E-state index < -0.39 is 0 Å². The minimum absolute atomic E-state index is 0.926. The third kappa shape index (κ3) is 1.76. The monoisotopic (exact) mass is 243 g/mol. The predicted molar refractivity (Wildman–Crippen MR) is 71.7 cm³/mol. The van der Waals surface area contributed by atoms with Crippen molar-refractivity contribution in [1.82, 2.24) is 24.1 Å². The predicted octanol–water partition coefficient (Wildman–Crippen LogP) is 1.64. The largest absolute Gasteiger partial charge is 0.309 e. The number of hydrogen-bond donors (Lipinski definition) is 0. The molecule has 94 valence electrons. The van der Waals surface area contributed by atoms with Gasteiger partial charge in [-0.2, -0.15) is 14.6 Å². The van der Waals surface area contributed by atoms with Crippen molar-refractivity contribution < 1.29 is 0 Å². The van der Waals surface area contributed by atoms with Gasteiger partial charge >= 0.3 is 0 Å². The van der Waals surface area contributed by atoms with Crippen LogP contribution in [0.4, 0.5) is 0 Å². The smallest absolute Gasteiger partial charge is 0.233 e. The highest BCUT2D eigenvalue weighted by Crippen LogP contribution is 2.18. The number of benzene rings is 1. The summed E-state index contributed by atoms with van der Waals surface area (Å²) in [7, 11) is 4.20. The van der Waals surface area contributed by atoms with E-state index in [-0.39, 0.29) is 0 Å². The second kappa shape index (κ2) is 4.42. The van der Waals surface area contributed by atoms with Gasteiger partial charge in [0.1, 0.15) is 6.33 Å². The summed E-state index contributed by atoms with van der Waals surface area (Å²) in [5.74, 6) is 0.926. The van der Waals surface area contributed by atoms with Crippen LogP contribution in [0.2, 0.25) is 0 Å². The van der Waals surface area contributed by atoms with Gasteiger partial charge in [0.25, 0.3) is 0 Å². The van der Waals surface area contributed by atoms with Gasteiger partial charge in [-0.15, -0.1) is 0 Å². The molecule has 0 bridgehead atoms. The number of hydrogen-bond acceptors (Lipinski definition) is 3. The van der Waals surface area contributed by atoms with Gasteiger partial charge in [0.15, 0.2) is 0 Å². The Labute approximate surface area is 106 Å². The second-order valence-corrected chi connectivity index (χ2v) is 4.77. The molecule has 0 N–H and O–H groups in total. The van der Waals surface area contributed by atoms with E-state index in [1.165, 1.54) is 5.52 Å². The average Bonchev–Trinajstić information content (AvgIpc) is 2.92. The summed E-state index contributed by atoms with van der Waals surface area (Å²) in [6.07, 6.45) is 2.72. The molecule has 3 rings (SSSR count). The Morgan fingerprint density at radius 3 is 2.72 bits per heavy atom. The Hall–Kier alpha value is -1.88. The quantitative estimate of drug-likeness (QED) is 0.699. The highest BCUT2D eigenvalue weighted by molar-refractivity contribution is 5.80. The molecule has 2 aromatic heterocycles. The van der Waals surface area contributed by atoms with Crippen LogP contribution in [0.1, 0.15) is 6.42 Å². The SMILES string of the molecule is CN(C)CCCn1c2ccccc2n2ncnc12. The van der Waals surface area contributed by atoms with E-state index in [0.29, 0.717) is 0 Å². The van der Waals surface area contributed by atoms with Crippen LogP contribution < -0.4 is 0 Å². The molecule has 5 heteroatoms. The molecule has 0 aliphatic carbocycles. The van der Waals surface area contributed by atoms with Gasteiger partial charge in [0, 0.05) is 6.54 Å². The van der Waals surface area contributed by atoms with Gasteiger partial charge in [-0.05, 0) is 39.2 Å². The van der Waals surface area contributed by atoms with Crippen LogP contribution in [0.15, 0.2) is 30.6 Å². The lowest BCUT2D eigenvalue weighted by molar-refractivity contribution is 0.389. The van der Waals surface area contributed by atoms with Crippen molar-refractivity contribution in [3.8, 4) is 0 Å². The van der Waals surface area contributed by atoms with Crippen LogP contribution in [0.5, 0.6) is 0 Å². The summed E-state index contributed by atoms with van der Waals surface area (Å²) in [5, 5.41) is 4.29. The fourth-order valence-electron chi connectivity index (χ4n) is 2.33. The maximum Gasteiger partial charge on any atom is 0.233 e. The zero-order valence-electron chi connectivity index (χ0n) is 10.7. The molecule has 3 aromatic rings. The highest BCUT2D eigenvalue weighted by Gasteiger charge is 2.11. The van der Waals surface area contributed by atoms with Crippen molar-refractivity contribution in [1.29, 1.82) is 0 Å². The Morgan fingerprint density at radius 2 is 1.94 bits per heavy atom. The first-order chi connectivity index (χ1) is 8.77. The summed E-state index contributed by atoms with van der Waals surface area (Å²) < 4.78 is 4.15. The Kier molecular flexibility index (Phi) is 2.76. The lowest BCUT2D eigenvalue weighted by atomic mass is 10.3. The summed E-state index contributed by atoms with van der Waals surface area (Å²) in [5.41, 5.74) is 2.32. The van der Waals surface area contributed by atoms with E-state index in [9.17, 15) is 0 Å². The molecule has 18 heavy (non-hydrogen) atoms. The fourth-order valence-corrected chi connectivity index (χ4v) is 2.33. The van der Waals surface area contributed by atoms with Gasteiger partial charge < -0.3 is 9.47 Å². The van der Waals surface area contributed by atoms with E-state index in [4.69, 9.17) is 0 Å². The van der Waals surface area contributed by atoms with Gasteiger partial charge in [0.2, 0.25) is 5.78 Å². The zero-order chi connectivity index (χ0) is 12.5. The molecule has 0 fully saturated rings. The maximum absolute atomic E-state index is 4.35. The van der Waals surface area contributed by atoms with E-state index >= 15 is 0 Å². The average molecular weight is 243 g/mol. The van der Waals surface area contributed by atoms with Crippen LogP contribution in [0.25, 0.3) is 16.8 Å². The standard InChI is InChI=1S/C13H17N5/c1-16(2)8-5-9-17-11-6-3-4-7-12(11)18-13(17)14-10-15-18/h3-4,6-7,10H,5,8-9H2,1-2H3. The molecule has 0 unspecified atom stereocenters. The molecule has 0 radical (unpaired) electrons. The van der Waals surface area contributed by atoms with E-state index in [2.05, 4.69) is 51.8 Å². The molecule has 0 saturated heterocycles. The number of aryl methyl sites for hydroxylation is 1. The van der Waals surface area contributed by atoms with E-state index in [1.54, 1.807) is 6.33 Å². The number of aromatic nitrogens is 4.